The monoisotopic (exact) mass is 319 g/mol. The van der Waals surface area contributed by atoms with Crippen molar-refractivity contribution in [3.8, 4) is 0 Å². The lowest BCUT2D eigenvalue weighted by Gasteiger charge is -2.13. The van der Waals surface area contributed by atoms with Crippen LogP contribution in [0, 0.1) is 5.92 Å². The first-order valence-corrected chi connectivity index (χ1v) is 6.17. The minimum Gasteiger partial charge on any atom is -0.362 e. The zero-order valence-corrected chi connectivity index (χ0v) is 11.4. The van der Waals surface area contributed by atoms with E-state index >= 15 is 0 Å². The maximum atomic E-state index is 11.7. The Morgan fingerprint density at radius 1 is 1.41 bits per heavy atom. The van der Waals surface area contributed by atoms with Gasteiger partial charge in [-0.3, -0.25) is 4.79 Å². The highest BCUT2D eigenvalue weighted by molar-refractivity contribution is 9.09. The van der Waals surface area contributed by atoms with Gasteiger partial charge in [0.05, 0.1) is 0 Å². The lowest BCUT2D eigenvalue weighted by molar-refractivity contribution is -0.175. The fourth-order valence-electron chi connectivity index (χ4n) is 1.13. The van der Waals surface area contributed by atoms with Crippen LogP contribution in [-0.2, 0) is 9.53 Å². The summed E-state index contributed by atoms with van der Waals surface area (Å²) in [6, 6.07) is 0. The molecule has 0 bridgehead atoms. The lowest BCUT2D eigenvalue weighted by Crippen LogP contribution is -2.34. The highest BCUT2D eigenvalue weighted by Gasteiger charge is 2.27. The minimum atomic E-state index is -4.39. The first-order valence-electron chi connectivity index (χ1n) is 5.26. The molecule has 17 heavy (non-hydrogen) atoms. The summed E-state index contributed by atoms with van der Waals surface area (Å²) >= 11 is 3.37. The van der Waals surface area contributed by atoms with Crippen molar-refractivity contribution in [2.75, 3.05) is 19.8 Å². The molecule has 1 amide bonds. The number of carbonyl (C=O) groups is 1. The van der Waals surface area contributed by atoms with Crippen LogP contribution >= 0.6 is 15.9 Å². The third-order valence-electron chi connectivity index (χ3n) is 1.75. The smallest absolute Gasteiger partial charge is 0.362 e. The number of alkyl halides is 4. The molecular formula is C10H17BrF3NO2. The zero-order chi connectivity index (χ0) is 13.5. The standard InChI is InChI=1S/C10H17BrF3NO2/c1-7(2)3-8(11)4-15-9(16)5-17-6-10(12,13)14/h7-8H,3-6H2,1-2H3,(H,15,16). The number of hydrogen-bond acceptors (Lipinski definition) is 2. The summed E-state index contributed by atoms with van der Waals surface area (Å²) in [5, 5.41) is 2.50. The maximum Gasteiger partial charge on any atom is 0.411 e. The normalized spacial score (nSPS) is 13.8. The van der Waals surface area contributed by atoms with Gasteiger partial charge in [0.2, 0.25) is 5.91 Å². The van der Waals surface area contributed by atoms with E-state index in [1.165, 1.54) is 0 Å². The lowest BCUT2D eigenvalue weighted by atomic mass is 10.1. The molecule has 0 radical (unpaired) electrons. The number of halogens is 4. The van der Waals surface area contributed by atoms with Crippen LogP contribution in [0.4, 0.5) is 13.2 Å². The van der Waals surface area contributed by atoms with Gasteiger partial charge in [0.15, 0.2) is 0 Å². The van der Waals surface area contributed by atoms with Gasteiger partial charge in [-0.2, -0.15) is 13.2 Å². The van der Waals surface area contributed by atoms with E-state index in [-0.39, 0.29) is 4.83 Å². The van der Waals surface area contributed by atoms with Gasteiger partial charge >= 0.3 is 6.18 Å². The first-order chi connectivity index (χ1) is 7.70. The molecule has 1 N–H and O–H groups in total. The van der Waals surface area contributed by atoms with E-state index in [0.29, 0.717) is 12.5 Å². The van der Waals surface area contributed by atoms with E-state index in [1.54, 1.807) is 0 Å². The molecule has 0 aliphatic rings. The van der Waals surface area contributed by atoms with E-state index in [0.717, 1.165) is 6.42 Å². The van der Waals surface area contributed by atoms with Crippen molar-refractivity contribution in [1.29, 1.82) is 0 Å². The van der Waals surface area contributed by atoms with Crippen LogP contribution in [0.2, 0.25) is 0 Å². The van der Waals surface area contributed by atoms with Crippen LogP contribution in [0.3, 0.4) is 0 Å². The number of amides is 1. The predicted octanol–water partition coefficient (Wildman–Crippen LogP) is 2.49. The second kappa shape index (κ2) is 7.92. The molecule has 0 aromatic carbocycles. The van der Waals surface area contributed by atoms with E-state index in [4.69, 9.17) is 0 Å². The Morgan fingerprint density at radius 3 is 2.47 bits per heavy atom. The molecule has 1 unspecified atom stereocenters. The molecule has 7 heteroatoms. The summed E-state index contributed by atoms with van der Waals surface area (Å²) in [4.78, 5) is 11.2. The van der Waals surface area contributed by atoms with Crippen molar-refractivity contribution >= 4 is 21.8 Å². The van der Waals surface area contributed by atoms with Crippen molar-refractivity contribution in [3.63, 3.8) is 0 Å². The largest absolute Gasteiger partial charge is 0.411 e. The Bertz CT molecular complexity index is 234. The third kappa shape index (κ3) is 12.0. The average Bonchev–Trinajstić information content (AvgIpc) is 2.11. The van der Waals surface area contributed by atoms with Crippen molar-refractivity contribution < 1.29 is 22.7 Å². The van der Waals surface area contributed by atoms with E-state index in [2.05, 4.69) is 26.0 Å². The number of rotatable bonds is 7. The highest BCUT2D eigenvalue weighted by atomic mass is 79.9. The van der Waals surface area contributed by atoms with Gasteiger partial charge in [-0.05, 0) is 12.3 Å². The molecule has 0 saturated heterocycles. The Kier molecular flexibility index (Phi) is 7.78. The Hall–Kier alpha value is -0.300. The Morgan fingerprint density at radius 2 is 2.00 bits per heavy atom. The van der Waals surface area contributed by atoms with Crippen LogP contribution in [0.1, 0.15) is 20.3 Å². The average molecular weight is 320 g/mol. The van der Waals surface area contributed by atoms with Gasteiger partial charge < -0.3 is 10.1 Å². The van der Waals surface area contributed by atoms with Gasteiger partial charge in [-0.1, -0.05) is 29.8 Å². The fourth-order valence-corrected chi connectivity index (χ4v) is 2.04. The van der Waals surface area contributed by atoms with Gasteiger partial charge in [0.1, 0.15) is 13.2 Å². The number of carbonyl (C=O) groups excluding carboxylic acids is 1. The molecule has 0 aliphatic carbocycles. The number of ether oxygens (including phenoxy) is 1. The molecule has 0 heterocycles. The molecule has 1 atom stereocenters. The van der Waals surface area contributed by atoms with Crippen molar-refractivity contribution in [3.05, 3.63) is 0 Å². The van der Waals surface area contributed by atoms with E-state index in [9.17, 15) is 18.0 Å². The van der Waals surface area contributed by atoms with Crippen molar-refractivity contribution in [2.24, 2.45) is 5.92 Å². The Balaban J connectivity index is 3.60. The molecule has 0 saturated carbocycles. The molecule has 0 aliphatic heterocycles. The summed E-state index contributed by atoms with van der Waals surface area (Å²) in [7, 11) is 0. The second-order valence-electron chi connectivity index (χ2n) is 4.14. The summed E-state index contributed by atoms with van der Waals surface area (Å²) < 4.78 is 39.3. The van der Waals surface area contributed by atoms with Crippen LogP contribution < -0.4 is 5.32 Å². The molecular weight excluding hydrogens is 303 g/mol. The van der Waals surface area contributed by atoms with Gasteiger partial charge in [0, 0.05) is 11.4 Å². The SMILES string of the molecule is CC(C)CC(Br)CNC(=O)COCC(F)(F)F. The maximum absolute atomic E-state index is 11.7. The molecule has 0 fully saturated rings. The van der Waals surface area contributed by atoms with Gasteiger partial charge in [0.25, 0.3) is 0 Å². The zero-order valence-electron chi connectivity index (χ0n) is 9.81. The summed E-state index contributed by atoms with van der Waals surface area (Å²) in [6.07, 6.45) is -3.51. The Labute approximate surface area is 107 Å². The van der Waals surface area contributed by atoms with Crippen LogP contribution in [0.25, 0.3) is 0 Å². The summed E-state index contributed by atoms with van der Waals surface area (Å²) in [5.41, 5.74) is 0. The topological polar surface area (TPSA) is 38.3 Å². The molecule has 0 aromatic heterocycles. The van der Waals surface area contributed by atoms with E-state index in [1.807, 2.05) is 13.8 Å². The van der Waals surface area contributed by atoms with Gasteiger partial charge in [-0.25, -0.2) is 0 Å². The molecule has 3 nitrogen and oxygen atoms in total. The number of hydrogen-bond donors (Lipinski definition) is 1. The van der Waals surface area contributed by atoms with Crippen molar-refractivity contribution in [2.45, 2.75) is 31.3 Å². The minimum absolute atomic E-state index is 0.120. The molecule has 0 rings (SSSR count). The van der Waals surface area contributed by atoms with Crippen molar-refractivity contribution in [1.82, 2.24) is 5.32 Å². The summed E-state index contributed by atoms with van der Waals surface area (Å²) in [5.74, 6) is -0.0554. The second-order valence-corrected chi connectivity index (χ2v) is 5.43. The predicted molar refractivity (Wildman–Crippen MR) is 62.1 cm³/mol. The van der Waals surface area contributed by atoms with Gasteiger partial charge in [-0.15, -0.1) is 0 Å². The molecule has 102 valence electrons. The van der Waals surface area contributed by atoms with Crippen LogP contribution in [0.15, 0.2) is 0 Å². The molecule has 0 spiro atoms. The van der Waals surface area contributed by atoms with E-state index < -0.39 is 25.3 Å². The third-order valence-corrected chi connectivity index (χ3v) is 2.44. The number of nitrogens with one attached hydrogen (secondary N) is 1. The fraction of sp³-hybridized carbons (Fsp3) is 0.900. The molecule has 0 aromatic rings. The summed E-state index contributed by atoms with van der Waals surface area (Å²) in [6.45, 7) is 2.50. The van der Waals surface area contributed by atoms with Crippen LogP contribution in [0.5, 0.6) is 0 Å². The quantitative estimate of drug-likeness (QED) is 0.732. The highest BCUT2D eigenvalue weighted by Crippen LogP contribution is 2.14. The first kappa shape index (κ1) is 16.7. The van der Waals surface area contributed by atoms with Crippen LogP contribution in [-0.4, -0.2) is 36.7 Å².